The molecule has 80 valence electrons. The third-order valence-electron chi connectivity index (χ3n) is 3.71. The van der Waals surface area contributed by atoms with Crippen LogP contribution in [0.3, 0.4) is 0 Å². The van der Waals surface area contributed by atoms with Crippen molar-refractivity contribution in [1.29, 1.82) is 0 Å². The van der Waals surface area contributed by atoms with Gasteiger partial charge in [-0.15, -0.1) is 0 Å². The monoisotopic (exact) mass is 206 g/mol. The van der Waals surface area contributed by atoms with E-state index in [9.17, 15) is 4.39 Å². The summed E-state index contributed by atoms with van der Waals surface area (Å²) in [4.78, 5) is 2.12. The van der Waals surface area contributed by atoms with Crippen LogP contribution >= 0.6 is 0 Å². The number of benzene rings is 1. The van der Waals surface area contributed by atoms with Gasteiger partial charge in [-0.05, 0) is 24.6 Å². The Kier molecular flexibility index (Phi) is 1.96. The molecule has 2 atom stereocenters. The first kappa shape index (κ1) is 9.16. The Morgan fingerprint density at radius 1 is 1.47 bits per heavy atom. The van der Waals surface area contributed by atoms with Gasteiger partial charge < -0.3 is 10.2 Å². The maximum atomic E-state index is 13.7. The van der Waals surface area contributed by atoms with Crippen LogP contribution in [-0.4, -0.2) is 26.2 Å². The number of hydrogen-bond acceptors (Lipinski definition) is 2. The van der Waals surface area contributed by atoms with E-state index in [1.54, 1.807) is 6.07 Å². The molecule has 2 aliphatic rings. The Bertz CT molecular complexity index is 391. The summed E-state index contributed by atoms with van der Waals surface area (Å²) in [5.74, 6) is 0.388. The van der Waals surface area contributed by atoms with Gasteiger partial charge >= 0.3 is 0 Å². The van der Waals surface area contributed by atoms with Crippen molar-refractivity contribution in [1.82, 2.24) is 5.32 Å². The second kappa shape index (κ2) is 3.20. The molecule has 1 N–H and O–H groups in total. The van der Waals surface area contributed by atoms with E-state index in [0.717, 1.165) is 25.2 Å². The highest BCUT2D eigenvalue weighted by molar-refractivity contribution is 5.62. The maximum absolute atomic E-state index is 13.7. The largest absolute Gasteiger partial charge is 0.368 e. The van der Waals surface area contributed by atoms with Crippen LogP contribution in [0.15, 0.2) is 18.2 Å². The summed E-state index contributed by atoms with van der Waals surface area (Å²) in [6.07, 6.45) is 1.11. The quantitative estimate of drug-likeness (QED) is 0.695. The first-order chi connectivity index (χ1) is 7.29. The average Bonchev–Trinajstić information content (AvgIpc) is 2.55. The molecule has 0 saturated carbocycles. The Labute approximate surface area is 89.1 Å². The molecule has 3 heteroatoms. The van der Waals surface area contributed by atoms with Gasteiger partial charge in [0.05, 0.1) is 5.69 Å². The summed E-state index contributed by atoms with van der Waals surface area (Å²) >= 11 is 0. The van der Waals surface area contributed by atoms with Gasteiger partial charge in [0.25, 0.3) is 0 Å². The van der Waals surface area contributed by atoms with Crippen molar-refractivity contribution in [3.8, 4) is 0 Å². The molecule has 2 aliphatic heterocycles. The Morgan fingerprint density at radius 3 is 3.20 bits per heavy atom. The van der Waals surface area contributed by atoms with Gasteiger partial charge in [-0.1, -0.05) is 12.1 Å². The number of halogens is 1. The van der Waals surface area contributed by atoms with Crippen molar-refractivity contribution < 1.29 is 4.39 Å². The molecule has 0 spiro atoms. The number of nitrogens with one attached hydrogen (secondary N) is 1. The molecule has 0 aliphatic carbocycles. The molecule has 0 bridgehead atoms. The zero-order valence-electron chi connectivity index (χ0n) is 8.83. The van der Waals surface area contributed by atoms with Crippen LogP contribution in [0.25, 0.3) is 0 Å². The van der Waals surface area contributed by atoms with E-state index in [1.807, 2.05) is 13.1 Å². The lowest BCUT2D eigenvalue weighted by molar-refractivity contribution is 0.412. The summed E-state index contributed by atoms with van der Waals surface area (Å²) in [6, 6.07) is 5.92. The second-order valence-electron chi connectivity index (χ2n) is 4.46. The molecule has 0 amide bonds. The molecule has 2 unspecified atom stereocenters. The predicted octanol–water partition coefficient (Wildman–Crippen LogP) is 1.72. The number of para-hydroxylation sites is 1. The van der Waals surface area contributed by atoms with Crippen molar-refractivity contribution in [2.75, 3.05) is 25.0 Å². The van der Waals surface area contributed by atoms with Gasteiger partial charge in [-0.2, -0.15) is 0 Å². The van der Waals surface area contributed by atoms with E-state index in [-0.39, 0.29) is 5.82 Å². The minimum Gasteiger partial charge on any atom is -0.368 e. The van der Waals surface area contributed by atoms with Gasteiger partial charge in [-0.25, -0.2) is 4.39 Å². The fourth-order valence-electron chi connectivity index (χ4n) is 2.99. The Hall–Kier alpha value is -1.09. The minimum atomic E-state index is -0.0793. The zero-order chi connectivity index (χ0) is 10.4. The molecule has 3 rings (SSSR count). The van der Waals surface area contributed by atoms with E-state index in [0.29, 0.717) is 12.0 Å². The van der Waals surface area contributed by atoms with Crippen LogP contribution in [0.2, 0.25) is 0 Å². The fraction of sp³-hybridized carbons (Fsp3) is 0.500. The lowest BCUT2D eigenvalue weighted by atomic mass is 9.90. The first-order valence-electron chi connectivity index (χ1n) is 5.51. The highest BCUT2D eigenvalue weighted by Crippen LogP contribution is 2.43. The molecule has 0 aromatic heterocycles. The van der Waals surface area contributed by atoms with Crippen molar-refractivity contribution in [3.63, 3.8) is 0 Å². The lowest BCUT2D eigenvalue weighted by Crippen LogP contribution is -2.42. The summed E-state index contributed by atoms with van der Waals surface area (Å²) in [6.45, 7) is 2.02. The summed E-state index contributed by atoms with van der Waals surface area (Å²) < 4.78 is 13.7. The molecular weight excluding hydrogens is 191 g/mol. The number of nitrogens with zero attached hydrogens (tertiary/aromatic N) is 1. The number of piperidine rings is 1. The Morgan fingerprint density at radius 2 is 2.33 bits per heavy atom. The molecule has 1 aromatic rings. The van der Waals surface area contributed by atoms with Crippen molar-refractivity contribution in [2.45, 2.75) is 18.4 Å². The van der Waals surface area contributed by atoms with Crippen molar-refractivity contribution >= 4 is 5.69 Å². The highest BCUT2D eigenvalue weighted by atomic mass is 19.1. The van der Waals surface area contributed by atoms with Crippen molar-refractivity contribution in [2.24, 2.45) is 0 Å². The first-order valence-corrected chi connectivity index (χ1v) is 5.51. The fourth-order valence-corrected chi connectivity index (χ4v) is 2.99. The molecular formula is C12H15FN2. The maximum Gasteiger partial charge on any atom is 0.146 e. The van der Waals surface area contributed by atoms with Crippen LogP contribution in [-0.2, 0) is 0 Å². The number of hydrogen-bond donors (Lipinski definition) is 1. The Balaban J connectivity index is 2.11. The van der Waals surface area contributed by atoms with E-state index < -0.39 is 0 Å². The number of rotatable bonds is 0. The number of anilines is 1. The molecule has 2 heterocycles. The zero-order valence-corrected chi connectivity index (χ0v) is 8.83. The summed E-state index contributed by atoms with van der Waals surface area (Å²) in [7, 11) is 2.01. The molecule has 15 heavy (non-hydrogen) atoms. The van der Waals surface area contributed by atoms with Crippen LogP contribution in [0.1, 0.15) is 17.9 Å². The second-order valence-corrected chi connectivity index (χ2v) is 4.46. The number of likely N-dealkylation sites (N-methyl/N-ethyl adjacent to an activating group) is 1. The van der Waals surface area contributed by atoms with Gasteiger partial charge in [0.2, 0.25) is 0 Å². The van der Waals surface area contributed by atoms with E-state index in [2.05, 4.69) is 16.3 Å². The number of fused-ring (bicyclic) bond motifs is 3. The van der Waals surface area contributed by atoms with E-state index in [1.165, 1.54) is 5.56 Å². The van der Waals surface area contributed by atoms with Gasteiger partial charge in [0.1, 0.15) is 5.82 Å². The van der Waals surface area contributed by atoms with Gasteiger partial charge in [0.15, 0.2) is 0 Å². The van der Waals surface area contributed by atoms with Gasteiger partial charge in [0, 0.05) is 25.6 Å². The summed E-state index contributed by atoms with van der Waals surface area (Å²) in [5.41, 5.74) is 1.99. The third kappa shape index (κ3) is 1.19. The van der Waals surface area contributed by atoms with E-state index in [4.69, 9.17) is 0 Å². The smallest absolute Gasteiger partial charge is 0.146 e. The van der Waals surface area contributed by atoms with Crippen LogP contribution in [0.4, 0.5) is 10.1 Å². The highest BCUT2D eigenvalue weighted by Gasteiger charge is 2.39. The normalized spacial score (nSPS) is 28.8. The van der Waals surface area contributed by atoms with Gasteiger partial charge in [-0.3, -0.25) is 0 Å². The average molecular weight is 206 g/mol. The predicted molar refractivity (Wildman–Crippen MR) is 58.8 cm³/mol. The van der Waals surface area contributed by atoms with Crippen LogP contribution < -0.4 is 10.2 Å². The SMILES string of the molecule is CN1c2c(F)cccc2C2CNCCC21. The molecule has 1 saturated heterocycles. The molecule has 1 aromatic carbocycles. The lowest BCUT2D eigenvalue weighted by Gasteiger charge is -2.31. The minimum absolute atomic E-state index is 0.0793. The van der Waals surface area contributed by atoms with Crippen molar-refractivity contribution in [3.05, 3.63) is 29.6 Å². The molecule has 1 fully saturated rings. The molecule has 2 nitrogen and oxygen atoms in total. The summed E-state index contributed by atoms with van der Waals surface area (Å²) in [5, 5.41) is 3.39. The van der Waals surface area contributed by atoms with Crippen LogP contribution in [0.5, 0.6) is 0 Å². The van der Waals surface area contributed by atoms with E-state index >= 15 is 0 Å². The standard InChI is InChI=1S/C12H15FN2/c1-15-11-5-6-14-7-9(11)8-3-2-4-10(13)12(8)15/h2-4,9,11,14H,5-7H2,1H3. The van der Waals surface area contributed by atoms with Crippen LogP contribution in [0, 0.1) is 5.82 Å². The molecule has 0 radical (unpaired) electrons. The third-order valence-corrected chi connectivity index (χ3v) is 3.71. The topological polar surface area (TPSA) is 15.3 Å².